The van der Waals surface area contributed by atoms with E-state index in [1.54, 1.807) is 4.90 Å². The molecule has 2 aliphatic rings. The van der Waals surface area contributed by atoms with E-state index in [1.165, 1.54) is 18.2 Å². The molecule has 1 aromatic rings. The van der Waals surface area contributed by atoms with E-state index in [-0.39, 0.29) is 29.0 Å². The Morgan fingerprint density at radius 3 is 2.62 bits per heavy atom. The van der Waals surface area contributed by atoms with Crippen molar-refractivity contribution < 1.29 is 9.72 Å². The van der Waals surface area contributed by atoms with Gasteiger partial charge in [0, 0.05) is 57.4 Å². The molecule has 2 saturated heterocycles. The Bertz CT molecular complexity index is 623. The maximum Gasteiger partial charge on any atom is 0.270 e. The summed E-state index contributed by atoms with van der Waals surface area (Å²) < 4.78 is 0. The van der Waals surface area contributed by atoms with Crippen LogP contribution in [0.2, 0.25) is 5.02 Å². The van der Waals surface area contributed by atoms with Gasteiger partial charge in [0.25, 0.3) is 11.6 Å². The normalized spacial score (nSPS) is 21.4. The molecule has 24 heavy (non-hydrogen) atoms. The van der Waals surface area contributed by atoms with Crippen molar-refractivity contribution in [3.05, 3.63) is 38.9 Å². The highest BCUT2D eigenvalue weighted by Gasteiger charge is 2.32. The van der Waals surface area contributed by atoms with Gasteiger partial charge < -0.3 is 10.2 Å². The number of nitrogens with one attached hydrogen (secondary N) is 1. The van der Waals surface area contributed by atoms with Crippen molar-refractivity contribution in [2.24, 2.45) is 0 Å². The summed E-state index contributed by atoms with van der Waals surface area (Å²) in [6, 6.07) is 4.39. The first kappa shape index (κ1) is 18.9. The van der Waals surface area contributed by atoms with Crippen LogP contribution in [-0.4, -0.2) is 65.9 Å². The molecule has 1 aromatic carbocycles. The third-order valence-electron chi connectivity index (χ3n) is 4.51. The highest BCUT2D eigenvalue weighted by Crippen LogP contribution is 2.26. The molecule has 0 saturated carbocycles. The quantitative estimate of drug-likeness (QED) is 0.644. The van der Waals surface area contributed by atoms with E-state index in [9.17, 15) is 14.9 Å². The maximum atomic E-state index is 12.6. The molecule has 0 aliphatic carbocycles. The second-order valence-electron chi connectivity index (χ2n) is 5.90. The lowest BCUT2D eigenvalue weighted by molar-refractivity contribution is -0.384. The number of rotatable bonds is 3. The van der Waals surface area contributed by atoms with E-state index < -0.39 is 4.92 Å². The van der Waals surface area contributed by atoms with E-state index in [1.807, 2.05) is 0 Å². The Hall–Kier alpha value is -1.41. The first-order chi connectivity index (χ1) is 11.1. The SMILES string of the molecule is Cl.O=C(c1ccc([N+](=O)[O-])cc1Cl)N1CCC(N2CCNCC2)C1. The number of benzene rings is 1. The van der Waals surface area contributed by atoms with Crippen molar-refractivity contribution in [3.8, 4) is 0 Å². The number of carbonyl (C=O) groups is 1. The Balaban J connectivity index is 0.00000208. The molecule has 0 spiro atoms. The molecule has 1 unspecified atom stereocenters. The Morgan fingerprint density at radius 2 is 2.00 bits per heavy atom. The molecule has 1 atom stereocenters. The Labute approximate surface area is 151 Å². The van der Waals surface area contributed by atoms with Crippen molar-refractivity contribution >= 4 is 35.6 Å². The van der Waals surface area contributed by atoms with Gasteiger partial charge in [-0.3, -0.25) is 19.8 Å². The van der Waals surface area contributed by atoms with Crippen LogP contribution in [-0.2, 0) is 0 Å². The molecule has 1 amide bonds. The lowest BCUT2D eigenvalue weighted by Crippen LogP contribution is -2.49. The molecule has 0 aromatic heterocycles. The van der Waals surface area contributed by atoms with Crippen LogP contribution >= 0.6 is 24.0 Å². The van der Waals surface area contributed by atoms with Gasteiger partial charge in [-0.25, -0.2) is 0 Å². The Kier molecular flexibility index (Phi) is 6.40. The van der Waals surface area contributed by atoms with E-state index in [2.05, 4.69) is 10.2 Å². The number of carbonyl (C=O) groups excluding carboxylic acids is 1. The summed E-state index contributed by atoms with van der Waals surface area (Å²) in [6.07, 6.45) is 0.955. The molecule has 0 bridgehead atoms. The van der Waals surface area contributed by atoms with E-state index in [0.717, 1.165) is 32.6 Å². The van der Waals surface area contributed by atoms with Gasteiger partial charge in [-0.15, -0.1) is 12.4 Å². The van der Waals surface area contributed by atoms with Crippen LogP contribution in [0.5, 0.6) is 0 Å². The number of non-ortho nitro benzene ring substituents is 1. The van der Waals surface area contributed by atoms with Gasteiger partial charge in [0.15, 0.2) is 0 Å². The first-order valence-corrected chi connectivity index (χ1v) is 8.12. The van der Waals surface area contributed by atoms with Crippen LogP contribution in [0.15, 0.2) is 18.2 Å². The molecule has 0 radical (unpaired) electrons. The van der Waals surface area contributed by atoms with Gasteiger partial charge in [0.2, 0.25) is 0 Å². The number of nitrogens with zero attached hydrogens (tertiary/aromatic N) is 3. The molecule has 1 N–H and O–H groups in total. The fourth-order valence-electron chi connectivity index (χ4n) is 3.23. The largest absolute Gasteiger partial charge is 0.337 e. The van der Waals surface area contributed by atoms with Gasteiger partial charge in [0.1, 0.15) is 0 Å². The molecule has 2 heterocycles. The third kappa shape index (κ3) is 3.97. The molecule has 7 nitrogen and oxygen atoms in total. The predicted octanol–water partition coefficient (Wildman–Crippen LogP) is 1.79. The third-order valence-corrected chi connectivity index (χ3v) is 4.83. The molecular formula is C15H20Cl2N4O3. The van der Waals surface area contributed by atoms with Gasteiger partial charge >= 0.3 is 0 Å². The second-order valence-corrected chi connectivity index (χ2v) is 6.31. The molecule has 132 valence electrons. The van der Waals surface area contributed by atoms with Crippen LogP contribution in [0.1, 0.15) is 16.8 Å². The molecular weight excluding hydrogens is 355 g/mol. The topological polar surface area (TPSA) is 78.7 Å². The number of nitro benzene ring substituents is 1. The van der Waals surface area contributed by atoms with E-state index in [0.29, 0.717) is 24.7 Å². The zero-order chi connectivity index (χ0) is 16.4. The molecule has 9 heteroatoms. The van der Waals surface area contributed by atoms with Crippen molar-refractivity contribution in [1.29, 1.82) is 0 Å². The number of likely N-dealkylation sites (tertiary alicyclic amines) is 1. The van der Waals surface area contributed by atoms with Crippen molar-refractivity contribution in [3.63, 3.8) is 0 Å². The average Bonchev–Trinajstić information content (AvgIpc) is 3.05. The number of piperazine rings is 1. The first-order valence-electron chi connectivity index (χ1n) is 7.74. The minimum atomic E-state index is -0.517. The predicted molar refractivity (Wildman–Crippen MR) is 94.1 cm³/mol. The zero-order valence-electron chi connectivity index (χ0n) is 13.1. The summed E-state index contributed by atoms with van der Waals surface area (Å²) in [7, 11) is 0. The fourth-order valence-corrected chi connectivity index (χ4v) is 3.49. The summed E-state index contributed by atoms with van der Waals surface area (Å²) in [6.45, 7) is 5.36. The highest BCUT2D eigenvalue weighted by atomic mass is 35.5. The van der Waals surface area contributed by atoms with Crippen LogP contribution in [0, 0.1) is 10.1 Å². The number of nitro groups is 1. The van der Waals surface area contributed by atoms with Crippen LogP contribution in [0.4, 0.5) is 5.69 Å². The summed E-state index contributed by atoms with van der Waals surface area (Å²) in [5, 5.41) is 14.2. The summed E-state index contributed by atoms with van der Waals surface area (Å²) in [5.41, 5.74) is 0.227. The van der Waals surface area contributed by atoms with Crippen LogP contribution < -0.4 is 5.32 Å². The second kappa shape index (κ2) is 8.11. The van der Waals surface area contributed by atoms with Gasteiger partial charge in [-0.1, -0.05) is 11.6 Å². The minimum Gasteiger partial charge on any atom is -0.337 e. The number of hydrogen-bond acceptors (Lipinski definition) is 5. The number of halogens is 2. The molecule has 3 rings (SSSR count). The monoisotopic (exact) mass is 374 g/mol. The summed E-state index contributed by atoms with van der Waals surface area (Å²) in [4.78, 5) is 27.1. The molecule has 2 fully saturated rings. The lowest BCUT2D eigenvalue weighted by Gasteiger charge is -2.32. The summed E-state index contributed by atoms with van der Waals surface area (Å²) in [5.74, 6) is -0.150. The lowest BCUT2D eigenvalue weighted by atomic mass is 10.2. The van der Waals surface area contributed by atoms with Crippen LogP contribution in [0.25, 0.3) is 0 Å². The minimum absolute atomic E-state index is 0. The number of amides is 1. The maximum absolute atomic E-state index is 12.6. The van der Waals surface area contributed by atoms with Crippen molar-refractivity contribution in [2.45, 2.75) is 12.5 Å². The highest BCUT2D eigenvalue weighted by molar-refractivity contribution is 6.34. The standard InChI is InChI=1S/C15H19ClN4O3.ClH/c16-14-9-11(20(22)23)1-2-13(14)15(21)19-6-3-12(10-19)18-7-4-17-5-8-18;/h1-2,9,12,17H,3-8,10H2;1H. The number of hydrogen-bond donors (Lipinski definition) is 1. The van der Waals surface area contributed by atoms with Gasteiger partial charge in [-0.2, -0.15) is 0 Å². The van der Waals surface area contributed by atoms with Crippen LogP contribution in [0.3, 0.4) is 0 Å². The van der Waals surface area contributed by atoms with Crippen molar-refractivity contribution in [2.75, 3.05) is 39.3 Å². The zero-order valence-corrected chi connectivity index (χ0v) is 14.7. The van der Waals surface area contributed by atoms with Crippen molar-refractivity contribution in [1.82, 2.24) is 15.1 Å². The average molecular weight is 375 g/mol. The fraction of sp³-hybridized carbons (Fsp3) is 0.533. The van der Waals surface area contributed by atoms with Gasteiger partial charge in [0.05, 0.1) is 15.5 Å². The summed E-state index contributed by atoms with van der Waals surface area (Å²) >= 11 is 6.06. The van der Waals surface area contributed by atoms with E-state index >= 15 is 0 Å². The van der Waals surface area contributed by atoms with E-state index in [4.69, 9.17) is 11.6 Å². The smallest absolute Gasteiger partial charge is 0.270 e. The Morgan fingerprint density at radius 1 is 1.29 bits per heavy atom. The van der Waals surface area contributed by atoms with Gasteiger partial charge in [-0.05, 0) is 12.5 Å². The molecule has 2 aliphatic heterocycles.